The topological polar surface area (TPSA) is 50.4 Å². The Labute approximate surface area is 99.5 Å². The maximum atomic E-state index is 8.57. The summed E-state index contributed by atoms with van der Waals surface area (Å²) in [5.74, 6) is 0. The van der Waals surface area contributed by atoms with Gasteiger partial charge < -0.3 is 5.21 Å². The summed E-state index contributed by atoms with van der Waals surface area (Å²) in [6, 6.07) is 6.52. The Morgan fingerprint density at radius 3 is 2.94 bits per heavy atom. The van der Waals surface area contributed by atoms with Gasteiger partial charge >= 0.3 is 0 Å². The van der Waals surface area contributed by atoms with Crippen LogP contribution in [0.15, 0.2) is 29.6 Å². The lowest BCUT2D eigenvalue weighted by Gasteiger charge is -2.11. The first-order valence-corrected chi connectivity index (χ1v) is 6.03. The number of oxime groups is 1. The van der Waals surface area contributed by atoms with E-state index in [4.69, 9.17) is 5.21 Å². The zero-order chi connectivity index (χ0) is 11.7. The van der Waals surface area contributed by atoms with Crippen molar-refractivity contribution in [2.75, 3.05) is 0 Å². The van der Waals surface area contributed by atoms with Crippen molar-refractivity contribution >= 4 is 17.1 Å². The number of benzene rings is 1. The summed E-state index contributed by atoms with van der Waals surface area (Å²) >= 11 is 0. The number of fused-ring (bicyclic) bond motifs is 1. The predicted octanol–water partition coefficient (Wildman–Crippen LogP) is 2.96. The largest absolute Gasteiger partial charge is 0.411 e. The Hall–Kier alpha value is -1.84. The lowest BCUT2D eigenvalue weighted by Crippen LogP contribution is -2.06. The molecule has 4 heteroatoms. The number of aromatic nitrogens is 2. The van der Waals surface area contributed by atoms with Crippen molar-refractivity contribution in [3.63, 3.8) is 0 Å². The van der Waals surface area contributed by atoms with Gasteiger partial charge in [0.1, 0.15) is 0 Å². The molecular weight excluding hydrogens is 214 g/mol. The smallest absolute Gasteiger partial charge is 0.0734 e. The van der Waals surface area contributed by atoms with Crippen molar-refractivity contribution in [2.45, 2.75) is 31.7 Å². The molecule has 2 aromatic rings. The number of rotatable bonds is 2. The third-order valence-electron chi connectivity index (χ3n) is 3.50. The second-order valence-corrected chi connectivity index (χ2v) is 4.59. The summed E-state index contributed by atoms with van der Waals surface area (Å²) in [6.45, 7) is 0. The van der Waals surface area contributed by atoms with E-state index in [2.05, 4.69) is 14.9 Å². The van der Waals surface area contributed by atoms with Gasteiger partial charge in [0.25, 0.3) is 0 Å². The molecule has 0 saturated heterocycles. The van der Waals surface area contributed by atoms with Crippen LogP contribution in [0.2, 0.25) is 0 Å². The molecule has 0 spiro atoms. The van der Waals surface area contributed by atoms with Gasteiger partial charge in [0.05, 0.1) is 24.0 Å². The van der Waals surface area contributed by atoms with Gasteiger partial charge in [0.15, 0.2) is 0 Å². The lowest BCUT2D eigenvalue weighted by molar-refractivity contribution is 0.322. The highest BCUT2D eigenvalue weighted by Gasteiger charge is 2.19. The van der Waals surface area contributed by atoms with Crippen molar-refractivity contribution in [1.82, 2.24) is 9.78 Å². The highest BCUT2D eigenvalue weighted by atomic mass is 16.4. The molecule has 0 aliphatic heterocycles. The molecule has 1 fully saturated rings. The molecule has 3 rings (SSSR count). The van der Waals surface area contributed by atoms with Crippen molar-refractivity contribution in [1.29, 1.82) is 0 Å². The maximum Gasteiger partial charge on any atom is 0.0734 e. The average molecular weight is 229 g/mol. The van der Waals surface area contributed by atoms with Gasteiger partial charge in [0, 0.05) is 5.39 Å². The molecule has 1 N–H and O–H groups in total. The van der Waals surface area contributed by atoms with Crippen LogP contribution < -0.4 is 0 Å². The van der Waals surface area contributed by atoms with Crippen LogP contribution in [0.5, 0.6) is 0 Å². The molecule has 0 bridgehead atoms. The van der Waals surface area contributed by atoms with E-state index >= 15 is 0 Å². The van der Waals surface area contributed by atoms with E-state index < -0.39 is 0 Å². The normalized spacial score (nSPS) is 17.4. The summed E-state index contributed by atoms with van der Waals surface area (Å²) in [7, 11) is 0. The molecule has 1 aromatic carbocycles. The van der Waals surface area contributed by atoms with E-state index in [9.17, 15) is 0 Å². The highest BCUT2D eigenvalue weighted by molar-refractivity contribution is 5.88. The zero-order valence-electron chi connectivity index (χ0n) is 9.58. The first kappa shape index (κ1) is 10.3. The zero-order valence-corrected chi connectivity index (χ0v) is 9.58. The number of nitrogens with zero attached hydrogens (tertiary/aromatic N) is 3. The van der Waals surface area contributed by atoms with E-state index in [1.54, 1.807) is 0 Å². The van der Waals surface area contributed by atoms with Crippen LogP contribution in [0.1, 0.15) is 37.3 Å². The molecule has 0 atom stereocenters. The third kappa shape index (κ3) is 1.79. The first-order chi connectivity index (χ1) is 8.38. The quantitative estimate of drug-likeness (QED) is 0.489. The highest BCUT2D eigenvalue weighted by Crippen LogP contribution is 2.31. The summed E-state index contributed by atoms with van der Waals surface area (Å²) in [4.78, 5) is 0. The molecule has 0 radical (unpaired) electrons. The molecule has 1 aliphatic carbocycles. The summed E-state index contributed by atoms with van der Waals surface area (Å²) in [6.07, 6.45) is 8.39. The second-order valence-electron chi connectivity index (χ2n) is 4.59. The van der Waals surface area contributed by atoms with Crippen molar-refractivity contribution in [2.24, 2.45) is 5.16 Å². The van der Waals surface area contributed by atoms with Gasteiger partial charge in [-0.15, -0.1) is 0 Å². The Balaban J connectivity index is 2.08. The van der Waals surface area contributed by atoms with E-state index in [1.807, 2.05) is 24.4 Å². The Morgan fingerprint density at radius 1 is 1.35 bits per heavy atom. The average Bonchev–Trinajstić information content (AvgIpc) is 2.96. The minimum Gasteiger partial charge on any atom is -0.411 e. The monoisotopic (exact) mass is 229 g/mol. The first-order valence-electron chi connectivity index (χ1n) is 6.03. The van der Waals surface area contributed by atoms with Crippen LogP contribution in [0, 0.1) is 0 Å². The molecule has 0 amide bonds. The molecule has 4 nitrogen and oxygen atoms in total. The van der Waals surface area contributed by atoms with Crippen molar-refractivity contribution in [3.8, 4) is 0 Å². The number of hydrogen-bond acceptors (Lipinski definition) is 3. The maximum absolute atomic E-state index is 8.57. The Morgan fingerprint density at radius 2 is 2.18 bits per heavy atom. The Kier molecular flexibility index (Phi) is 2.55. The van der Waals surface area contributed by atoms with Crippen LogP contribution in [-0.2, 0) is 0 Å². The van der Waals surface area contributed by atoms with Crippen LogP contribution in [0.25, 0.3) is 10.9 Å². The fourth-order valence-electron chi connectivity index (χ4n) is 2.64. The van der Waals surface area contributed by atoms with E-state index in [-0.39, 0.29) is 0 Å². The van der Waals surface area contributed by atoms with Crippen molar-refractivity contribution in [3.05, 3.63) is 30.0 Å². The number of hydrogen-bond donors (Lipinski definition) is 1. The van der Waals surface area contributed by atoms with E-state index in [1.165, 1.54) is 31.9 Å². The molecule has 88 valence electrons. The van der Waals surface area contributed by atoms with Crippen molar-refractivity contribution < 1.29 is 5.21 Å². The second kappa shape index (κ2) is 4.20. The molecule has 1 aliphatic rings. The van der Waals surface area contributed by atoms with Gasteiger partial charge in [-0.25, -0.2) is 0 Å². The summed E-state index contributed by atoms with van der Waals surface area (Å²) < 4.78 is 2.12. The van der Waals surface area contributed by atoms with Gasteiger partial charge in [-0.2, -0.15) is 5.10 Å². The minimum absolute atomic E-state index is 0.536. The van der Waals surface area contributed by atoms with Crippen LogP contribution in [0.4, 0.5) is 0 Å². The Bertz CT molecular complexity index is 553. The molecule has 1 aromatic heterocycles. The van der Waals surface area contributed by atoms with Gasteiger partial charge in [0.2, 0.25) is 0 Å². The van der Waals surface area contributed by atoms with Crippen LogP contribution in [-0.4, -0.2) is 21.2 Å². The summed E-state index contributed by atoms with van der Waals surface area (Å²) in [5, 5.41) is 17.3. The lowest BCUT2D eigenvalue weighted by atomic mass is 10.1. The minimum atomic E-state index is 0.536. The molecule has 17 heavy (non-hydrogen) atoms. The summed E-state index contributed by atoms with van der Waals surface area (Å²) in [5.41, 5.74) is 2.04. The molecular formula is C13H15N3O. The molecule has 0 unspecified atom stereocenters. The van der Waals surface area contributed by atoms with E-state index in [0.29, 0.717) is 6.04 Å². The van der Waals surface area contributed by atoms with Gasteiger partial charge in [-0.1, -0.05) is 30.1 Å². The predicted molar refractivity (Wildman–Crippen MR) is 66.6 cm³/mol. The molecule has 1 heterocycles. The fourth-order valence-corrected chi connectivity index (χ4v) is 2.64. The fraction of sp³-hybridized carbons (Fsp3) is 0.385. The third-order valence-corrected chi connectivity index (χ3v) is 3.50. The SMILES string of the molecule is O/N=C/c1ccc2cnn(C3CCCC3)c2c1. The van der Waals surface area contributed by atoms with Gasteiger partial charge in [-0.05, 0) is 24.5 Å². The van der Waals surface area contributed by atoms with Gasteiger partial charge in [-0.3, -0.25) is 4.68 Å². The molecule has 1 saturated carbocycles. The standard InChI is InChI=1S/C13H15N3O/c17-15-8-10-5-6-11-9-14-16(13(11)7-10)12-3-1-2-4-12/h5-9,12,17H,1-4H2/b15-8+. The van der Waals surface area contributed by atoms with E-state index in [0.717, 1.165) is 16.5 Å². The van der Waals surface area contributed by atoms with Crippen LogP contribution in [0.3, 0.4) is 0 Å². The van der Waals surface area contributed by atoms with Crippen LogP contribution >= 0.6 is 0 Å².